The average molecular weight is 289 g/mol. The smallest absolute Gasteiger partial charge is 0.229 e. The molecule has 20 heavy (non-hydrogen) atoms. The number of hydrogen-bond acceptors (Lipinski definition) is 5. The van der Waals surface area contributed by atoms with Gasteiger partial charge in [-0.2, -0.15) is 0 Å². The molecular weight excluding hydrogens is 278 g/mol. The molecule has 1 saturated heterocycles. The van der Waals surface area contributed by atoms with Crippen LogP contribution < -0.4 is 4.90 Å². The number of nitrogens with zero attached hydrogens (tertiary/aromatic N) is 5. The van der Waals surface area contributed by atoms with Crippen molar-refractivity contribution < 1.29 is 9.21 Å². The van der Waals surface area contributed by atoms with Gasteiger partial charge in [0.15, 0.2) is 10.9 Å². The molecule has 2 aromatic heterocycles. The SMILES string of the molecule is [N-]=[N+]=NCC1CC(=O)N(c2nc(-c3ccco3)cs2)C1. The van der Waals surface area contributed by atoms with E-state index < -0.39 is 0 Å². The fraction of sp³-hybridized carbons (Fsp3) is 0.333. The first kappa shape index (κ1) is 12.7. The van der Waals surface area contributed by atoms with E-state index in [0.29, 0.717) is 30.4 Å². The molecule has 2 aromatic rings. The fourth-order valence-corrected chi connectivity index (χ4v) is 3.01. The molecule has 0 saturated carbocycles. The Morgan fingerprint density at radius 3 is 3.30 bits per heavy atom. The second-order valence-electron chi connectivity index (χ2n) is 4.48. The van der Waals surface area contributed by atoms with Crippen molar-refractivity contribution in [3.63, 3.8) is 0 Å². The largest absolute Gasteiger partial charge is 0.463 e. The van der Waals surface area contributed by atoms with E-state index in [0.717, 1.165) is 5.69 Å². The highest BCUT2D eigenvalue weighted by Crippen LogP contribution is 2.31. The summed E-state index contributed by atoms with van der Waals surface area (Å²) in [5.41, 5.74) is 9.05. The van der Waals surface area contributed by atoms with Crippen molar-refractivity contribution in [2.75, 3.05) is 18.0 Å². The number of hydrogen-bond donors (Lipinski definition) is 0. The Morgan fingerprint density at radius 2 is 2.55 bits per heavy atom. The van der Waals surface area contributed by atoms with Gasteiger partial charge in [0.05, 0.1) is 6.26 Å². The zero-order valence-corrected chi connectivity index (χ0v) is 11.3. The van der Waals surface area contributed by atoms with Gasteiger partial charge >= 0.3 is 0 Å². The average Bonchev–Trinajstić information content (AvgIpc) is 3.16. The second-order valence-corrected chi connectivity index (χ2v) is 5.32. The molecular formula is C12H11N5O2S. The van der Waals surface area contributed by atoms with E-state index >= 15 is 0 Å². The van der Waals surface area contributed by atoms with Crippen molar-refractivity contribution in [1.29, 1.82) is 0 Å². The number of carbonyl (C=O) groups is 1. The van der Waals surface area contributed by atoms with Crippen molar-refractivity contribution in [3.05, 3.63) is 34.2 Å². The maximum absolute atomic E-state index is 12.0. The van der Waals surface area contributed by atoms with Crippen molar-refractivity contribution in [1.82, 2.24) is 4.98 Å². The monoisotopic (exact) mass is 289 g/mol. The minimum Gasteiger partial charge on any atom is -0.463 e. The zero-order valence-electron chi connectivity index (χ0n) is 10.5. The molecule has 7 nitrogen and oxygen atoms in total. The lowest BCUT2D eigenvalue weighted by Gasteiger charge is -2.11. The molecule has 1 amide bonds. The minimum absolute atomic E-state index is 0.0171. The number of rotatable bonds is 4. The van der Waals surface area contributed by atoms with Crippen molar-refractivity contribution in [2.45, 2.75) is 6.42 Å². The number of thiazole rings is 1. The van der Waals surface area contributed by atoms with Crippen LogP contribution in [0.5, 0.6) is 0 Å². The number of amides is 1. The Hall–Kier alpha value is -2.31. The molecule has 3 heterocycles. The number of carbonyl (C=O) groups excluding carboxylic acids is 1. The van der Waals surface area contributed by atoms with E-state index in [1.54, 1.807) is 17.2 Å². The summed E-state index contributed by atoms with van der Waals surface area (Å²) in [7, 11) is 0. The molecule has 1 aliphatic rings. The Kier molecular flexibility index (Phi) is 3.41. The van der Waals surface area contributed by atoms with Gasteiger partial charge in [-0.25, -0.2) is 4.98 Å². The highest BCUT2D eigenvalue weighted by atomic mass is 32.1. The summed E-state index contributed by atoms with van der Waals surface area (Å²) < 4.78 is 5.28. The third kappa shape index (κ3) is 2.38. The lowest BCUT2D eigenvalue weighted by molar-refractivity contribution is -0.117. The molecule has 0 bridgehead atoms. The van der Waals surface area contributed by atoms with Crippen LogP contribution in [-0.4, -0.2) is 24.0 Å². The number of aromatic nitrogens is 1. The fourth-order valence-electron chi connectivity index (χ4n) is 2.17. The highest BCUT2D eigenvalue weighted by Gasteiger charge is 2.31. The predicted octanol–water partition coefficient (Wildman–Crippen LogP) is 3.07. The number of furan rings is 1. The van der Waals surface area contributed by atoms with E-state index in [4.69, 9.17) is 9.95 Å². The molecule has 8 heteroatoms. The normalized spacial score (nSPS) is 18.3. The Labute approximate surface area is 118 Å². The van der Waals surface area contributed by atoms with E-state index in [-0.39, 0.29) is 11.8 Å². The third-order valence-corrected chi connectivity index (χ3v) is 3.97. The molecule has 0 N–H and O–H groups in total. The summed E-state index contributed by atoms with van der Waals surface area (Å²) in [5, 5.41) is 6.05. The van der Waals surface area contributed by atoms with Gasteiger partial charge in [-0.3, -0.25) is 9.69 Å². The molecule has 0 radical (unpaired) electrons. The zero-order chi connectivity index (χ0) is 13.9. The van der Waals surface area contributed by atoms with Crippen LogP contribution in [0.1, 0.15) is 6.42 Å². The van der Waals surface area contributed by atoms with Gasteiger partial charge in [-0.15, -0.1) is 11.3 Å². The molecule has 0 aliphatic carbocycles. The van der Waals surface area contributed by atoms with E-state index in [1.807, 2.05) is 11.4 Å². The second kappa shape index (κ2) is 5.36. The van der Waals surface area contributed by atoms with Gasteiger partial charge < -0.3 is 4.42 Å². The first-order valence-corrected chi connectivity index (χ1v) is 6.96. The van der Waals surface area contributed by atoms with E-state index in [1.165, 1.54) is 11.3 Å². The first-order chi connectivity index (χ1) is 9.78. The maximum Gasteiger partial charge on any atom is 0.229 e. The molecule has 0 aromatic carbocycles. The van der Waals surface area contributed by atoms with Crippen molar-refractivity contribution >= 4 is 22.4 Å². The molecule has 1 fully saturated rings. The molecule has 0 spiro atoms. The standard InChI is InChI=1S/C12H11N5O2S/c13-16-14-5-8-4-11(18)17(6-8)12-15-9(7-20-12)10-2-1-3-19-10/h1-3,7-8H,4-6H2. The van der Waals surface area contributed by atoms with Crippen LogP contribution in [0.3, 0.4) is 0 Å². The molecule has 3 rings (SSSR count). The minimum atomic E-state index is 0.0171. The lowest BCUT2D eigenvalue weighted by Crippen LogP contribution is -2.24. The number of anilines is 1. The molecule has 102 valence electrons. The summed E-state index contributed by atoms with van der Waals surface area (Å²) in [5.74, 6) is 0.766. The predicted molar refractivity (Wildman–Crippen MR) is 74.3 cm³/mol. The van der Waals surface area contributed by atoms with Gasteiger partial charge in [0.25, 0.3) is 0 Å². The Balaban J connectivity index is 1.76. The summed E-state index contributed by atoms with van der Waals surface area (Å²) in [6, 6.07) is 3.63. The van der Waals surface area contributed by atoms with Crippen LogP contribution >= 0.6 is 11.3 Å². The van der Waals surface area contributed by atoms with Gasteiger partial charge in [0.2, 0.25) is 5.91 Å². The number of azide groups is 1. The van der Waals surface area contributed by atoms with Crippen LogP contribution in [-0.2, 0) is 4.79 Å². The Morgan fingerprint density at radius 1 is 1.65 bits per heavy atom. The van der Waals surface area contributed by atoms with Gasteiger partial charge in [-0.1, -0.05) is 5.11 Å². The summed E-state index contributed by atoms with van der Waals surface area (Å²) in [6.07, 6.45) is 1.99. The van der Waals surface area contributed by atoms with Gasteiger partial charge in [0, 0.05) is 29.8 Å². The lowest BCUT2D eigenvalue weighted by atomic mass is 10.1. The van der Waals surface area contributed by atoms with Crippen molar-refractivity contribution in [3.8, 4) is 11.5 Å². The van der Waals surface area contributed by atoms with Crippen LogP contribution in [0.25, 0.3) is 21.9 Å². The maximum atomic E-state index is 12.0. The molecule has 1 aliphatic heterocycles. The Bertz CT molecular complexity index is 659. The highest BCUT2D eigenvalue weighted by molar-refractivity contribution is 7.14. The summed E-state index contributed by atoms with van der Waals surface area (Å²) in [4.78, 5) is 20.8. The van der Waals surface area contributed by atoms with Crippen LogP contribution in [0, 0.1) is 5.92 Å². The van der Waals surface area contributed by atoms with Gasteiger partial charge in [-0.05, 0) is 23.6 Å². The molecule has 1 unspecified atom stereocenters. The first-order valence-electron chi connectivity index (χ1n) is 6.08. The summed E-state index contributed by atoms with van der Waals surface area (Å²) >= 11 is 1.41. The van der Waals surface area contributed by atoms with Gasteiger partial charge in [0.1, 0.15) is 5.69 Å². The van der Waals surface area contributed by atoms with Crippen LogP contribution in [0.15, 0.2) is 33.3 Å². The topological polar surface area (TPSA) is 95.1 Å². The van der Waals surface area contributed by atoms with Crippen molar-refractivity contribution in [2.24, 2.45) is 11.0 Å². The quantitative estimate of drug-likeness (QED) is 0.491. The summed E-state index contributed by atoms with van der Waals surface area (Å²) in [6.45, 7) is 0.887. The molecule has 1 atom stereocenters. The van der Waals surface area contributed by atoms with Crippen LogP contribution in [0.4, 0.5) is 5.13 Å². The van der Waals surface area contributed by atoms with E-state index in [9.17, 15) is 4.79 Å². The van der Waals surface area contributed by atoms with E-state index in [2.05, 4.69) is 15.0 Å². The third-order valence-electron chi connectivity index (χ3n) is 3.10. The van der Waals surface area contributed by atoms with Crippen LogP contribution in [0.2, 0.25) is 0 Å².